The summed E-state index contributed by atoms with van der Waals surface area (Å²) in [6.45, 7) is 0. The van der Waals surface area contributed by atoms with Crippen LogP contribution in [0.25, 0.3) is 0 Å². The Kier molecular flexibility index (Phi) is 3.37. The van der Waals surface area contributed by atoms with E-state index in [2.05, 4.69) is 4.99 Å². The van der Waals surface area contributed by atoms with Gasteiger partial charge in [0, 0.05) is 10.5 Å². The Hall–Kier alpha value is -1.27. The largest absolute Gasteiger partial charge is 0.488 e. The lowest BCUT2D eigenvalue weighted by atomic mass is 9.80. The molecule has 2 aromatic rings. The molecule has 1 aliphatic rings. The van der Waals surface area contributed by atoms with Crippen LogP contribution in [0.2, 0.25) is 5.02 Å². The first kappa shape index (κ1) is 12.8. The van der Waals surface area contributed by atoms with E-state index in [1.165, 1.54) is 0 Å². The highest BCUT2D eigenvalue weighted by molar-refractivity contribution is 8.14. The van der Waals surface area contributed by atoms with Crippen LogP contribution in [0.1, 0.15) is 5.56 Å². The zero-order chi connectivity index (χ0) is 13.4. The van der Waals surface area contributed by atoms with Crippen LogP contribution in [-0.2, 0) is 0 Å². The van der Waals surface area contributed by atoms with Gasteiger partial charge in [0.25, 0.3) is 0 Å². The first-order valence-electron chi connectivity index (χ1n) is 5.70. The number of rotatable bonds is 2. The van der Waals surface area contributed by atoms with Gasteiger partial charge in [0.05, 0.1) is 15.8 Å². The second kappa shape index (κ2) is 5.02. The van der Waals surface area contributed by atoms with Gasteiger partial charge in [-0.3, -0.25) is 0 Å². The molecule has 3 nitrogen and oxygen atoms in total. The molecule has 6 heteroatoms. The van der Waals surface area contributed by atoms with E-state index in [9.17, 15) is 10.0 Å². The summed E-state index contributed by atoms with van der Waals surface area (Å²) in [6, 6.07) is 12.8. The van der Waals surface area contributed by atoms with Crippen LogP contribution in [0.15, 0.2) is 52.4 Å². The Labute approximate surface area is 120 Å². The smallest absolute Gasteiger partial charge is 0.423 e. The van der Waals surface area contributed by atoms with E-state index in [0.717, 1.165) is 33.0 Å². The number of hydrogen-bond acceptors (Lipinski definition) is 3. The lowest BCUT2D eigenvalue weighted by Gasteiger charge is -2.04. The molecule has 0 saturated carbocycles. The maximum atomic E-state index is 9.20. The summed E-state index contributed by atoms with van der Waals surface area (Å²) >= 11 is 7.09. The number of benzene rings is 2. The van der Waals surface area contributed by atoms with Crippen molar-refractivity contribution in [2.75, 3.05) is 0 Å². The Bertz CT molecular complexity index is 675. The quantitative estimate of drug-likeness (QED) is 0.585. The SMILES string of the molecule is OB(O)c1cccc(C2=Nc3c(Cl)cccc3[SH]2)c1. The molecular weight excluding hydrogens is 280 g/mol. The average Bonchev–Trinajstić information content (AvgIpc) is 2.84. The molecule has 0 saturated heterocycles. The molecule has 1 radical (unpaired) electrons. The summed E-state index contributed by atoms with van der Waals surface area (Å²) < 4.78 is 0. The summed E-state index contributed by atoms with van der Waals surface area (Å²) in [5, 5.41) is 19.9. The van der Waals surface area contributed by atoms with Gasteiger partial charge in [-0.2, -0.15) is 0 Å². The molecule has 0 bridgehead atoms. The van der Waals surface area contributed by atoms with Gasteiger partial charge in [-0.15, -0.1) is 11.8 Å². The minimum absolute atomic E-state index is 0.456. The molecule has 0 fully saturated rings. The molecule has 95 valence electrons. The Morgan fingerprint density at radius 2 is 1.89 bits per heavy atom. The van der Waals surface area contributed by atoms with Crippen molar-refractivity contribution in [1.82, 2.24) is 0 Å². The highest BCUT2D eigenvalue weighted by Gasteiger charge is 2.19. The van der Waals surface area contributed by atoms with Crippen LogP contribution in [0.5, 0.6) is 0 Å². The zero-order valence-electron chi connectivity index (χ0n) is 9.79. The van der Waals surface area contributed by atoms with Crippen molar-refractivity contribution in [2.45, 2.75) is 4.90 Å². The molecule has 0 spiro atoms. The van der Waals surface area contributed by atoms with Crippen LogP contribution in [0.3, 0.4) is 0 Å². The summed E-state index contributed by atoms with van der Waals surface area (Å²) in [6.07, 6.45) is 0. The summed E-state index contributed by atoms with van der Waals surface area (Å²) in [5.41, 5.74) is 2.13. The second-order valence-corrected chi connectivity index (χ2v) is 5.69. The fourth-order valence-electron chi connectivity index (χ4n) is 1.92. The lowest BCUT2D eigenvalue weighted by Crippen LogP contribution is -2.30. The normalized spacial score (nSPS) is 13.1. The van der Waals surface area contributed by atoms with Crippen LogP contribution in [0, 0.1) is 0 Å². The van der Waals surface area contributed by atoms with E-state index in [1.54, 1.807) is 18.2 Å². The summed E-state index contributed by atoms with van der Waals surface area (Å²) in [5.74, 6) is 0. The Balaban J connectivity index is 2.00. The minimum atomic E-state index is -1.47. The van der Waals surface area contributed by atoms with Crippen molar-refractivity contribution in [3.63, 3.8) is 0 Å². The number of halogens is 1. The van der Waals surface area contributed by atoms with Crippen LogP contribution >= 0.6 is 23.4 Å². The molecule has 19 heavy (non-hydrogen) atoms. The van der Waals surface area contributed by atoms with Gasteiger partial charge in [-0.25, -0.2) is 4.99 Å². The third kappa shape index (κ3) is 2.42. The third-order valence-electron chi connectivity index (χ3n) is 2.85. The van der Waals surface area contributed by atoms with Crippen molar-refractivity contribution in [2.24, 2.45) is 4.99 Å². The molecular formula is C13H10BClNO2S. The molecule has 0 aliphatic carbocycles. The van der Waals surface area contributed by atoms with E-state index in [-0.39, 0.29) is 0 Å². The van der Waals surface area contributed by atoms with Crippen molar-refractivity contribution in [3.05, 3.63) is 53.1 Å². The van der Waals surface area contributed by atoms with Gasteiger partial charge < -0.3 is 10.0 Å². The van der Waals surface area contributed by atoms with Crippen molar-refractivity contribution < 1.29 is 10.0 Å². The molecule has 1 heterocycles. The number of aliphatic imine (C=N–C) groups is 1. The number of para-hydroxylation sites is 1. The molecule has 2 aromatic carbocycles. The average molecular weight is 291 g/mol. The number of thiol groups is 1. The predicted molar refractivity (Wildman–Crippen MR) is 81.2 cm³/mol. The summed E-state index contributed by atoms with van der Waals surface area (Å²) in [4.78, 5) is 5.60. The topological polar surface area (TPSA) is 52.8 Å². The molecule has 1 aliphatic heterocycles. The van der Waals surface area contributed by atoms with E-state index < -0.39 is 7.12 Å². The molecule has 0 atom stereocenters. The van der Waals surface area contributed by atoms with Crippen molar-refractivity contribution >= 4 is 46.7 Å². The lowest BCUT2D eigenvalue weighted by molar-refractivity contribution is 0.426. The van der Waals surface area contributed by atoms with Gasteiger partial charge in [0.15, 0.2) is 0 Å². The highest BCUT2D eigenvalue weighted by atomic mass is 35.5. The van der Waals surface area contributed by atoms with Crippen LogP contribution in [0.4, 0.5) is 5.69 Å². The number of nitrogens with zero attached hydrogens (tertiary/aromatic N) is 1. The second-order valence-electron chi connectivity index (χ2n) is 4.15. The Morgan fingerprint density at radius 1 is 1.11 bits per heavy atom. The number of fused-ring (bicyclic) bond motifs is 1. The van der Waals surface area contributed by atoms with Crippen LogP contribution < -0.4 is 5.46 Å². The molecule has 0 aromatic heterocycles. The van der Waals surface area contributed by atoms with Gasteiger partial charge in [0.1, 0.15) is 0 Å². The third-order valence-corrected chi connectivity index (χ3v) is 4.33. The molecule has 3 rings (SSSR count). The standard InChI is InChI=1S/C13H10BClNO2S/c15-10-5-2-6-11-12(10)16-13(19-11)8-3-1-4-9(7-8)14(17)18/h1-7,17-19H. The van der Waals surface area contributed by atoms with Gasteiger partial charge in [-0.1, -0.05) is 41.9 Å². The zero-order valence-corrected chi connectivity index (χ0v) is 11.4. The van der Waals surface area contributed by atoms with Crippen molar-refractivity contribution in [1.29, 1.82) is 0 Å². The fourth-order valence-corrected chi connectivity index (χ4v) is 3.28. The van der Waals surface area contributed by atoms with Gasteiger partial charge in [0.2, 0.25) is 0 Å². The Morgan fingerprint density at radius 3 is 2.63 bits per heavy atom. The highest BCUT2D eigenvalue weighted by Crippen LogP contribution is 2.43. The fraction of sp³-hybridized carbons (Fsp3) is 0. The first-order valence-corrected chi connectivity index (χ1v) is 6.98. The van der Waals surface area contributed by atoms with E-state index in [1.807, 2.05) is 24.3 Å². The first-order chi connectivity index (χ1) is 9.15. The number of hydrogen-bond donors (Lipinski definition) is 3. The predicted octanol–water partition coefficient (Wildman–Crippen LogP) is 1.94. The van der Waals surface area contributed by atoms with E-state index in [4.69, 9.17) is 11.6 Å². The van der Waals surface area contributed by atoms with Gasteiger partial charge >= 0.3 is 7.12 Å². The molecule has 0 unspecified atom stereocenters. The van der Waals surface area contributed by atoms with Crippen molar-refractivity contribution in [3.8, 4) is 0 Å². The summed E-state index contributed by atoms with van der Waals surface area (Å²) in [7, 11) is -1.47. The maximum absolute atomic E-state index is 9.20. The van der Waals surface area contributed by atoms with E-state index >= 15 is 0 Å². The van der Waals surface area contributed by atoms with E-state index in [0.29, 0.717) is 10.5 Å². The van der Waals surface area contributed by atoms with Gasteiger partial charge in [-0.05, 0) is 17.6 Å². The molecule has 0 amide bonds. The maximum Gasteiger partial charge on any atom is 0.488 e. The minimum Gasteiger partial charge on any atom is -0.423 e. The molecule has 2 N–H and O–H groups in total. The van der Waals surface area contributed by atoms with Crippen LogP contribution in [-0.4, -0.2) is 22.2 Å². The monoisotopic (exact) mass is 290 g/mol.